The number of benzene rings is 1. The third-order valence-corrected chi connectivity index (χ3v) is 2.74. The van der Waals surface area contributed by atoms with Crippen LogP contribution in [0.1, 0.15) is 36.6 Å². The van der Waals surface area contributed by atoms with Crippen molar-refractivity contribution in [3.63, 3.8) is 0 Å². The van der Waals surface area contributed by atoms with Crippen LogP contribution in [0.2, 0.25) is 0 Å². The molecule has 0 heterocycles. The van der Waals surface area contributed by atoms with E-state index in [1.807, 2.05) is 13.8 Å². The summed E-state index contributed by atoms with van der Waals surface area (Å²) in [6.45, 7) is 9.23. The van der Waals surface area contributed by atoms with E-state index in [2.05, 4.69) is 32.0 Å². The molecule has 96 valence electrons. The highest BCUT2D eigenvalue weighted by Gasteiger charge is 2.21. The molecule has 1 aromatic carbocycles. The lowest BCUT2D eigenvalue weighted by Crippen LogP contribution is -2.32. The minimum atomic E-state index is -0.369. The van der Waals surface area contributed by atoms with Crippen molar-refractivity contribution in [2.24, 2.45) is 5.73 Å². The largest absolute Gasteiger partial charge is 0.351 e. The SMILES string of the molecule is CCOC(OCC)C(N)c1ccc(C)cc1C. The van der Waals surface area contributed by atoms with Gasteiger partial charge in [0, 0.05) is 13.2 Å². The predicted octanol–water partition coefficient (Wildman–Crippen LogP) is 2.70. The molecule has 0 spiro atoms. The molecule has 0 aliphatic heterocycles. The zero-order valence-corrected chi connectivity index (χ0v) is 11.2. The second-order valence-electron chi connectivity index (χ2n) is 4.16. The van der Waals surface area contributed by atoms with E-state index in [0.29, 0.717) is 13.2 Å². The smallest absolute Gasteiger partial charge is 0.176 e. The lowest BCUT2D eigenvalue weighted by atomic mass is 9.99. The van der Waals surface area contributed by atoms with Crippen LogP contribution in [0.4, 0.5) is 0 Å². The van der Waals surface area contributed by atoms with Gasteiger partial charge in [0.05, 0.1) is 6.04 Å². The van der Waals surface area contributed by atoms with Crippen LogP contribution in [0.25, 0.3) is 0 Å². The van der Waals surface area contributed by atoms with Crippen molar-refractivity contribution in [3.8, 4) is 0 Å². The van der Waals surface area contributed by atoms with Gasteiger partial charge in [0.15, 0.2) is 6.29 Å². The summed E-state index contributed by atoms with van der Waals surface area (Å²) in [5.41, 5.74) is 9.72. The summed E-state index contributed by atoms with van der Waals surface area (Å²) in [5.74, 6) is 0. The quantitative estimate of drug-likeness (QED) is 0.774. The van der Waals surface area contributed by atoms with Gasteiger partial charge in [-0.25, -0.2) is 0 Å². The molecule has 0 fully saturated rings. The number of nitrogens with two attached hydrogens (primary N) is 1. The molecule has 1 atom stereocenters. The van der Waals surface area contributed by atoms with Gasteiger partial charge >= 0.3 is 0 Å². The molecule has 0 aromatic heterocycles. The third-order valence-electron chi connectivity index (χ3n) is 2.74. The van der Waals surface area contributed by atoms with Crippen molar-refractivity contribution in [2.75, 3.05) is 13.2 Å². The Bertz CT molecular complexity index is 346. The van der Waals surface area contributed by atoms with Crippen LogP contribution in [-0.4, -0.2) is 19.5 Å². The van der Waals surface area contributed by atoms with Crippen LogP contribution in [0, 0.1) is 13.8 Å². The maximum Gasteiger partial charge on any atom is 0.176 e. The Hall–Kier alpha value is -0.900. The van der Waals surface area contributed by atoms with E-state index >= 15 is 0 Å². The second-order valence-corrected chi connectivity index (χ2v) is 4.16. The molecule has 0 amide bonds. The zero-order valence-electron chi connectivity index (χ0n) is 11.2. The number of aryl methyl sites for hydroxylation is 2. The molecule has 3 heteroatoms. The van der Waals surface area contributed by atoms with Crippen molar-refractivity contribution in [3.05, 3.63) is 34.9 Å². The van der Waals surface area contributed by atoms with E-state index in [1.54, 1.807) is 0 Å². The summed E-state index contributed by atoms with van der Waals surface area (Å²) in [4.78, 5) is 0. The maximum absolute atomic E-state index is 6.21. The van der Waals surface area contributed by atoms with Gasteiger partial charge in [0.25, 0.3) is 0 Å². The monoisotopic (exact) mass is 237 g/mol. The van der Waals surface area contributed by atoms with Crippen molar-refractivity contribution in [2.45, 2.75) is 40.0 Å². The Balaban J connectivity index is 2.88. The van der Waals surface area contributed by atoms with Crippen molar-refractivity contribution < 1.29 is 9.47 Å². The van der Waals surface area contributed by atoms with Crippen LogP contribution in [0.3, 0.4) is 0 Å². The van der Waals surface area contributed by atoms with Gasteiger partial charge in [-0.05, 0) is 38.8 Å². The van der Waals surface area contributed by atoms with Crippen molar-refractivity contribution in [1.29, 1.82) is 0 Å². The van der Waals surface area contributed by atoms with Crippen LogP contribution >= 0.6 is 0 Å². The Morgan fingerprint density at radius 3 is 2.18 bits per heavy atom. The van der Waals surface area contributed by atoms with Crippen LogP contribution in [0.5, 0.6) is 0 Å². The van der Waals surface area contributed by atoms with Gasteiger partial charge < -0.3 is 15.2 Å². The Morgan fingerprint density at radius 1 is 1.12 bits per heavy atom. The van der Waals surface area contributed by atoms with Crippen LogP contribution < -0.4 is 5.73 Å². The normalized spacial score (nSPS) is 13.1. The fourth-order valence-corrected chi connectivity index (χ4v) is 1.93. The highest BCUT2D eigenvalue weighted by atomic mass is 16.7. The van der Waals surface area contributed by atoms with E-state index in [-0.39, 0.29) is 12.3 Å². The van der Waals surface area contributed by atoms with Gasteiger partial charge in [0.1, 0.15) is 0 Å². The standard InChI is InChI=1S/C14H23NO2/c1-5-16-14(17-6-2)13(15)12-8-7-10(3)9-11(12)4/h7-9,13-14H,5-6,15H2,1-4H3. The average Bonchev–Trinajstić information content (AvgIpc) is 2.28. The fraction of sp³-hybridized carbons (Fsp3) is 0.571. The molecule has 3 nitrogen and oxygen atoms in total. The molecule has 1 aromatic rings. The van der Waals surface area contributed by atoms with E-state index < -0.39 is 0 Å². The van der Waals surface area contributed by atoms with Gasteiger partial charge in [-0.2, -0.15) is 0 Å². The molecule has 1 unspecified atom stereocenters. The van der Waals surface area contributed by atoms with Gasteiger partial charge in [0.2, 0.25) is 0 Å². The first-order chi connectivity index (χ1) is 8.10. The molecule has 0 aliphatic rings. The first kappa shape index (κ1) is 14.2. The molecule has 17 heavy (non-hydrogen) atoms. The maximum atomic E-state index is 6.21. The van der Waals surface area contributed by atoms with E-state index in [1.165, 1.54) is 11.1 Å². The van der Waals surface area contributed by atoms with Gasteiger partial charge in [-0.1, -0.05) is 23.8 Å². The molecule has 0 aliphatic carbocycles. The van der Waals surface area contributed by atoms with Crippen molar-refractivity contribution in [1.82, 2.24) is 0 Å². The molecule has 1 rings (SSSR count). The predicted molar refractivity (Wildman–Crippen MR) is 69.9 cm³/mol. The Labute approximate surface area is 104 Å². The summed E-state index contributed by atoms with van der Waals surface area (Å²) in [6, 6.07) is 6.01. The minimum absolute atomic E-state index is 0.240. The summed E-state index contributed by atoms with van der Waals surface area (Å²) in [7, 11) is 0. The first-order valence-corrected chi connectivity index (χ1v) is 6.16. The lowest BCUT2D eigenvalue weighted by Gasteiger charge is -2.25. The Morgan fingerprint density at radius 2 is 1.71 bits per heavy atom. The molecular weight excluding hydrogens is 214 g/mol. The molecule has 0 radical (unpaired) electrons. The number of hydrogen-bond donors (Lipinski definition) is 1. The highest BCUT2D eigenvalue weighted by molar-refractivity contribution is 5.32. The molecule has 2 N–H and O–H groups in total. The summed E-state index contributed by atoms with van der Waals surface area (Å²) < 4.78 is 11.1. The zero-order chi connectivity index (χ0) is 12.8. The second kappa shape index (κ2) is 6.74. The summed E-state index contributed by atoms with van der Waals surface area (Å²) >= 11 is 0. The van der Waals surface area contributed by atoms with Crippen LogP contribution in [0.15, 0.2) is 18.2 Å². The minimum Gasteiger partial charge on any atom is -0.351 e. The number of ether oxygens (including phenoxy) is 2. The Kier molecular flexibility index (Phi) is 5.62. The highest BCUT2D eigenvalue weighted by Crippen LogP contribution is 2.22. The molecular formula is C14H23NO2. The number of hydrogen-bond acceptors (Lipinski definition) is 3. The van der Waals surface area contributed by atoms with Crippen molar-refractivity contribution >= 4 is 0 Å². The van der Waals surface area contributed by atoms with Crippen LogP contribution in [-0.2, 0) is 9.47 Å². The van der Waals surface area contributed by atoms with E-state index in [4.69, 9.17) is 15.2 Å². The van der Waals surface area contributed by atoms with Gasteiger partial charge in [-0.3, -0.25) is 0 Å². The first-order valence-electron chi connectivity index (χ1n) is 6.16. The number of rotatable bonds is 6. The van der Waals surface area contributed by atoms with E-state index in [9.17, 15) is 0 Å². The lowest BCUT2D eigenvalue weighted by molar-refractivity contribution is -0.149. The van der Waals surface area contributed by atoms with E-state index in [0.717, 1.165) is 5.56 Å². The fourth-order valence-electron chi connectivity index (χ4n) is 1.93. The molecule has 0 saturated heterocycles. The summed E-state index contributed by atoms with van der Waals surface area (Å²) in [6.07, 6.45) is -0.369. The third kappa shape index (κ3) is 3.80. The topological polar surface area (TPSA) is 44.5 Å². The van der Waals surface area contributed by atoms with Gasteiger partial charge in [-0.15, -0.1) is 0 Å². The molecule has 0 saturated carbocycles. The average molecular weight is 237 g/mol. The molecule has 0 bridgehead atoms. The summed E-state index contributed by atoms with van der Waals surface area (Å²) in [5, 5.41) is 0.